The molecule has 0 aliphatic heterocycles. The molecule has 1 heterocycles. The van der Waals surface area contributed by atoms with Crippen LogP contribution in [-0.4, -0.2) is 43.6 Å². The molecule has 9 heteroatoms. The van der Waals surface area contributed by atoms with E-state index in [0.717, 1.165) is 16.5 Å². The molecule has 0 saturated heterocycles. The van der Waals surface area contributed by atoms with Crippen molar-refractivity contribution in [2.45, 2.75) is 20.3 Å². The van der Waals surface area contributed by atoms with E-state index in [4.69, 9.17) is 18.9 Å². The number of amides is 1. The molecule has 0 radical (unpaired) electrons. The van der Waals surface area contributed by atoms with Crippen molar-refractivity contribution in [1.29, 1.82) is 0 Å². The molecule has 0 unspecified atom stereocenters. The highest BCUT2D eigenvalue weighted by Crippen LogP contribution is 2.38. The fraction of sp³-hybridized carbons (Fsp3) is 0.241. The van der Waals surface area contributed by atoms with Gasteiger partial charge in [0.15, 0.2) is 11.5 Å². The first-order valence-electron chi connectivity index (χ1n) is 12.0. The van der Waals surface area contributed by atoms with Crippen molar-refractivity contribution in [2.75, 3.05) is 32.3 Å². The lowest BCUT2D eigenvalue weighted by atomic mass is 10.1. The third-order valence-corrected chi connectivity index (χ3v) is 6.03. The van der Waals surface area contributed by atoms with Gasteiger partial charge in [-0.25, -0.2) is 9.18 Å². The molecule has 0 spiro atoms. The van der Waals surface area contributed by atoms with Gasteiger partial charge < -0.3 is 24.1 Å². The van der Waals surface area contributed by atoms with Crippen LogP contribution in [0.1, 0.15) is 17.5 Å². The highest BCUT2D eigenvalue weighted by atomic mass is 19.1. The van der Waals surface area contributed by atoms with Gasteiger partial charge in [0.2, 0.25) is 0 Å². The highest BCUT2D eigenvalue weighted by Gasteiger charge is 2.19. The summed E-state index contributed by atoms with van der Waals surface area (Å²) in [5, 5.41) is 10.6. The van der Waals surface area contributed by atoms with Crippen LogP contribution >= 0.6 is 0 Å². The van der Waals surface area contributed by atoms with Gasteiger partial charge in [0, 0.05) is 30.3 Å². The summed E-state index contributed by atoms with van der Waals surface area (Å²) in [6.07, 6.45) is 1.000. The van der Waals surface area contributed by atoms with Gasteiger partial charge in [0.1, 0.15) is 23.1 Å². The van der Waals surface area contributed by atoms with Gasteiger partial charge in [-0.15, -0.1) is 0 Å². The number of methoxy groups -OCH3 is 2. The van der Waals surface area contributed by atoms with E-state index in [9.17, 15) is 14.3 Å². The molecule has 0 bridgehead atoms. The van der Waals surface area contributed by atoms with Crippen LogP contribution in [0.25, 0.3) is 10.9 Å². The normalized spacial score (nSPS) is 10.8. The molecule has 4 aromatic rings. The molecule has 0 atom stereocenters. The van der Waals surface area contributed by atoms with E-state index >= 15 is 0 Å². The Morgan fingerprint density at radius 3 is 2.42 bits per heavy atom. The fourth-order valence-corrected chi connectivity index (χ4v) is 4.12. The van der Waals surface area contributed by atoms with Crippen LogP contribution in [0.4, 0.5) is 14.9 Å². The number of benzene rings is 3. The summed E-state index contributed by atoms with van der Waals surface area (Å²) in [6.45, 7) is 4.15. The second-order valence-corrected chi connectivity index (χ2v) is 8.63. The van der Waals surface area contributed by atoms with Crippen LogP contribution in [-0.2, 0) is 0 Å². The third-order valence-electron chi connectivity index (χ3n) is 6.03. The molecule has 1 aromatic heterocycles. The van der Waals surface area contributed by atoms with Gasteiger partial charge in [-0.2, -0.15) is 0 Å². The Kier molecular flexibility index (Phi) is 8.15. The van der Waals surface area contributed by atoms with Crippen LogP contribution in [0, 0.1) is 19.7 Å². The van der Waals surface area contributed by atoms with Crippen molar-refractivity contribution in [3.63, 3.8) is 0 Å². The predicted octanol–water partition coefficient (Wildman–Crippen LogP) is 6.75. The molecule has 0 fully saturated rings. The average molecular weight is 521 g/mol. The number of anilines is 1. The van der Waals surface area contributed by atoms with E-state index in [1.165, 1.54) is 17.0 Å². The van der Waals surface area contributed by atoms with Crippen LogP contribution < -0.4 is 23.8 Å². The quantitative estimate of drug-likeness (QED) is 0.231. The van der Waals surface area contributed by atoms with E-state index in [1.807, 2.05) is 26.0 Å². The van der Waals surface area contributed by atoms with Crippen LogP contribution in [0.2, 0.25) is 0 Å². The van der Waals surface area contributed by atoms with Crippen molar-refractivity contribution in [2.24, 2.45) is 0 Å². The SMILES string of the molecule is COc1cc2nccc(Oc3cc(C)c(N(CCCOc4cccc(F)c4)C(=O)O)cc3C)c2cc1OC. The number of hydrogen-bond acceptors (Lipinski definition) is 6. The molecule has 1 N–H and O–H groups in total. The first-order valence-corrected chi connectivity index (χ1v) is 12.0. The first-order chi connectivity index (χ1) is 18.3. The number of carbonyl (C=O) groups is 1. The van der Waals surface area contributed by atoms with Crippen LogP contribution in [0.3, 0.4) is 0 Å². The summed E-state index contributed by atoms with van der Waals surface area (Å²) in [5.41, 5.74) is 2.73. The molecule has 3 aromatic carbocycles. The van der Waals surface area contributed by atoms with Gasteiger partial charge in [-0.05, 0) is 67.8 Å². The standard InChI is InChI=1S/C29H29FN2O6/c1-18-14-26(38-25-9-10-31-23-17-28(36-4)27(35-3)16-22(23)25)19(2)13-24(18)32(29(33)34)11-6-12-37-21-8-5-7-20(30)15-21/h5,7-10,13-17H,6,11-12H2,1-4H3,(H,33,34). The Morgan fingerprint density at radius 1 is 0.947 bits per heavy atom. The second-order valence-electron chi connectivity index (χ2n) is 8.63. The zero-order valence-electron chi connectivity index (χ0n) is 21.7. The maximum Gasteiger partial charge on any atom is 0.411 e. The monoisotopic (exact) mass is 520 g/mol. The minimum absolute atomic E-state index is 0.210. The van der Waals surface area contributed by atoms with Gasteiger partial charge in [-0.3, -0.25) is 9.88 Å². The molecule has 8 nitrogen and oxygen atoms in total. The summed E-state index contributed by atoms with van der Waals surface area (Å²) >= 11 is 0. The van der Waals surface area contributed by atoms with Crippen molar-refractivity contribution in [3.8, 4) is 28.7 Å². The lowest BCUT2D eigenvalue weighted by Gasteiger charge is -2.23. The van der Waals surface area contributed by atoms with Crippen molar-refractivity contribution in [3.05, 3.63) is 77.7 Å². The number of nitrogens with zero attached hydrogens (tertiary/aromatic N) is 2. The summed E-state index contributed by atoms with van der Waals surface area (Å²) in [6, 6.07) is 14.8. The van der Waals surface area contributed by atoms with E-state index in [-0.39, 0.29) is 19.0 Å². The Hall–Kier alpha value is -4.53. The third kappa shape index (κ3) is 5.88. The molecule has 4 rings (SSSR count). The van der Waals surface area contributed by atoms with E-state index in [1.54, 1.807) is 50.7 Å². The molecule has 0 aliphatic carbocycles. The molecule has 38 heavy (non-hydrogen) atoms. The number of aromatic nitrogens is 1. The average Bonchev–Trinajstić information content (AvgIpc) is 2.90. The van der Waals surface area contributed by atoms with Gasteiger partial charge in [0.25, 0.3) is 0 Å². The molecule has 1 amide bonds. The summed E-state index contributed by atoms with van der Waals surface area (Å²) in [4.78, 5) is 17.8. The maximum absolute atomic E-state index is 13.3. The Balaban J connectivity index is 1.53. The molecular formula is C29H29FN2O6. The highest BCUT2D eigenvalue weighted by molar-refractivity contribution is 5.89. The van der Waals surface area contributed by atoms with Crippen molar-refractivity contribution < 1.29 is 33.2 Å². The number of fused-ring (bicyclic) bond motifs is 1. The zero-order chi connectivity index (χ0) is 27.2. The van der Waals surface area contributed by atoms with Crippen LogP contribution in [0.15, 0.2) is 60.8 Å². The van der Waals surface area contributed by atoms with Crippen molar-refractivity contribution >= 4 is 22.7 Å². The minimum atomic E-state index is -1.08. The largest absolute Gasteiger partial charge is 0.493 e. The Morgan fingerprint density at radius 2 is 1.71 bits per heavy atom. The first kappa shape index (κ1) is 26.5. The minimum Gasteiger partial charge on any atom is -0.493 e. The zero-order valence-corrected chi connectivity index (χ0v) is 21.7. The molecule has 0 saturated carbocycles. The summed E-state index contributed by atoms with van der Waals surface area (Å²) in [7, 11) is 3.13. The topological polar surface area (TPSA) is 90.4 Å². The van der Waals surface area contributed by atoms with Crippen molar-refractivity contribution in [1.82, 2.24) is 4.98 Å². The van der Waals surface area contributed by atoms with Gasteiger partial charge in [0.05, 0.1) is 32.0 Å². The summed E-state index contributed by atoms with van der Waals surface area (Å²) < 4.78 is 36.0. The van der Waals surface area contributed by atoms with E-state index < -0.39 is 6.09 Å². The number of pyridine rings is 1. The van der Waals surface area contributed by atoms with E-state index in [2.05, 4.69) is 4.98 Å². The molecule has 198 valence electrons. The lowest BCUT2D eigenvalue weighted by Crippen LogP contribution is -2.31. The summed E-state index contributed by atoms with van der Waals surface area (Å²) in [5.74, 6) is 2.31. The Labute approximate surface area is 220 Å². The maximum atomic E-state index is 13.3. The molecular weight excluding hydrogens is 491 g/mol. The number of aryl methyl sites for hydroxylation is 2. The fourth-order valence-electron chi connectivity index (χ4n) is 4.12. The van der Waals surface area contributed by atoms with Gasteiger partial charge >= 0.3 is 6.09 Å². The molecule has 0 aliphatic rings. The Bertz CT molecular complexity index is 1460. The van der Waals surface area contributed by atoms with Gasteiger partial charge in [-0.1, -0.05) is 6.07 Å². The number of rotatable bonds is 10. The second kappa shape index (κ2) is 11.7. The number of ether oxygens (including phenoxy) is 4. The number of halogens is 1. The lowest BCUT2D eigenvalue weighted by molar-refractivity contribution is 0.201. The smallest absolute Gasteiger partial charge is 0.411 e. The number of hydrogen-bond donors (Lipinski definition) is 1. The predicted molar refractivity (Wildman–Crippen MR) is 143 cm³/mol. The van der Waals surface area contributed by atoms with E-state index in [0.29, 0.717) is 46.4 Å². The van der Waals surface area contributed by atoms with Crippen LogP contribution in [0.5, 0.6) is 28.7 Å². The number of carboxylic acid groups (broad SMARTS) is 1.